The Hall–Kier alpha value is -1.44. The summed E-state index contributed by atoms with van der Waals surface area (Å²) >= 11 is 0. The molecule has 0 amide bonds. The minimum atomic E-state index is -0.517. The number of nitrogens with zero attached hydrogens (tertiary/aromatic N) is 2. The van der Waals surface area contributed by atoms with Gasteiger partial charge in [0.2, 0.25) is 0 Å². The van der Waals surface area contributed by atoms with Crippen LogP contribution in [0.5, 0.6) is 0 Å². The van der Waals surface area contributed by atoms with Crippen molar-refractivity contribution in [2.45, 2.75) is 31.5 Å². The summed E-state index contributed by atoms with van der Waals surface area (Å²) < 4.78 is 12.3. The number of aryl methyl sites for hydroxylation is 1. The fraction of sp³-hybridized carbons (Fsp3) is 0.600. The molecule has 3 rings (SSSR count). The molecule has 3 heterocycles. The lowest BCUT2D eigenvalue weighted by atomic mass is 10.2. The molecule has 7 nitrogen and oxygen atoms in total. The standard InChI is InChI=1S/C10H13N3O4/c1-4-2-13(10(15)12-8(4)11)9-7-6(17-7)5(3-14)16-9/h2,5-7,9,14H,3H2,1H3,(H2,11,12,15)/t5-,6+,7+,9-/m1/s1. The highest BCUT2D eigenvalue weighted by Crippen LogP contribution is 2.44. The van der Waals surface area contributed by atoms with Crippen LogP contribution in [0.25, 0.3) is 0 Å². The molecule has 2 aliphatic rings. The summed E-state index contributed by atoms with van der Waals surface area (Å²) in [5, 5.41) is 9.07. The average molecular weight is 239 g/mol. The first-order valence-corrected chi connectivity index (χ1v) is 5.39. The third-order valence-corrected chi connectivity index (χ3v) is 3.15. The van der Waals surface area contributed by atoms with Crippen molar-refractivity contribution in [1.29, 1.82) is 0 Å². The summed E-state index contributed by atoms with van der Waals surface area (Å²) in [6, 6.07) is 0. The number of hydrogen-bond acceptors (Lipinski definition) is 6. The van der Waals surface area contributed by atoms with Crippen LogP contribution in [-0.4, -0.2) is 39.6 Å². The van der Waals surface area contributed by atoms with Gasteiger partial charge in [0.15, 0.2) is 6.23 Å². The second-order valence-corrected chi connectivity index (χ2v) is 4.31. The van der Waals surface area contributed by atoms with Gasteiger partial charge in [-0.15, -0.1) is 0 Å². The Bertz CT molecular complexity index is 515. The number of anilines is 1. The van der Waals surface area contributed by atoms with Gasteiger partial charge in [0.05, 0.1) is 6.61 Å². The topological polar surface area (TPSA) is 103 Å². The van der Waals surface area contributed by atoms with Crippen molar-refractivity contribution < 1.29 is 14.6 Å². The van der Waals surface area contributed by atoms with Crippen molar-refractivity contribution in [2.24, 2.45) is 0 Å². The first-order valence-electron chi connectivity index (χ1n) is 5.39. The highest BCUT2D eigenvalue weighted by molar-refractivity contribution is 5.35. The lowest BCUT2D eigenvalue weighted by molar-refractivity contribution is -0.0856. The average Bonchev–Trinajstić information content (AvgIpc) is 3.00. The summed E-state index contributed by atoms with van der Waals surface area (Å²) in [6.45, 7) is 1.65. The van der Waals surface area contributed by atoms with Crippen molar-refractivity contribution in [3.05, 3.63) is 22.2 Å². The van der Waals surface area contributed by atoms with Crippen LogP contribution in [-0.2, 0) is 9.47 Å². The van der Waals surface area contributed by atoms with Crippen LogP contribution in [0.1, 0.15) is 11.8 Å². The molecule has 17 heavy (non-hydrogen) atoms. The zero-order chi connectivity index (χ0) is 12.2. The Morgan fingerprint density at radius 2 is 2.29 bits per heavy atom. The molecular weight excluding hydrogens is 226 g/mol. The maximum Gasteiger partial charge on any atom is 0.351 e. The molecule has 92 valence electrons. The number of ether oxygens (including phenoxy) is 2. The minimum absolute atomic E-state index is 0.116. The molecule has 2 fully saturated rings. The smallest absolute Gasteiger partial charge is 0.351 e. The van der Waals surface area contributed by atoms with Gasteiger partial charge in [-0.2, -0.15) is 4.98 Å². The molecule has 0 spiro atoms. The number of nitrogens with two attached hydrogens (primary N) is 1. The number of rotatable bonds is 2. The third kappa shape index (κ3) is 1.54. The van der Waals surface area contributed by atoms with E-state index in [4.69, 9.17) is 20.3 Å². The van der Waals surface area contributed by atoms with E-state index in [1.165, 1.54) is 4.57 Å². The van der Waals surface area contributed by atoms with E-state index in [1.807, 2.05) is 0 Å². The Balaban J connectivity index is 1.96. The van der Waals surface area contributed by atoms with Crippen LogP contribution < -0.4 is 11.4 Å². The van der Waals surface area contributed by atoms with Crippen molar-refractivity contribution in [3.63, 3.8) is 0 Å². The lowest BCUT2D eigenvalue weighted by Crippen LogP contribution is -2.31. The Morgan fingerprint density at radius 1 is 1.53 bits per heavy atom. The maximum atomic E-state index is 11.7. The number of epoxide rings is 1. The van der Waals surface area contributed by atoms with Gasteiger partial charge in [0, 0.05) is 11.8 Å². The quantitative estimate of drug-likeness (QED) is 0.628. The van der Waals surface area contributed by atoms with Gasteiger partial charge in [-0.25, -0.2) is 4.79 Å². The van der Waals surface area contributed by atoms with E-state index in [-0.39, 0.29) is 30.7 Å². The van der Waals surface area contributed by atoms with Gasteiger partial charge in [0.25, 0.3) is 0 Å². The molecule has 7 heteroatoms. The van der Waals surface area contributed by atoms with E-state index in [0.717, 1.165) is 0 Å². The van der Waals surface area contributed by atoms with E-state index >= 15 is 0 Å². The lowest BCUT2D eigenvalue weighted by Gasteiger charge is -2.18. The van der Waals surface area contributed by atoms with Crippen LogP contribution in [0, 0.1) is 6.92 Å². The number of nitrogen functional groups attached to an aromatic ring is 1. The molecule has 2 aliphatic heterocycles. The molecule has 1 aromatic heterocycles. The van der Waals surface area contributed by atoms with Crippen molar-refractivity contribution >= 4 is 5.82 Å². The fourth-order valence-electron chi connectivity index (χ4n) is 2.13. The Labute approximate surface area is 96.8 Å². The Morgan fingerprint density at radius 3 is 2.94 bits per heavy atom. The van der Waals surface area contributed by atoms with Crippen molar-refractivity contribution in [1.82, 2.24) is 9.55 Å². The summed E-state index contributed by atoms with van der Waals surface area (Å²) in [6.07, 6.45) is 0.434. The number of aliphatic hydroxyl groups excluding tert-OH is 1. The molecule has 3 N–H and O–H groups in total. The summed E-state index contributed by atoms with van der Waals surface area (Å²) in [5.74, 6) is 0.219. The van der Waals surface area contributed by atoms with Gasteiger partial charge in [-0.3, -0.25) is 4.57 Å². The highest BCUT2D eigenvalue weighted by Gasteiger charge is 2.58. The third-order valence-electron chi connectivity index (χ3n) is 3.15. The van der Waals surface area contributed by atoms with Crippen molar-refractivity contribution in [2.75, 3.05) is 12.3 Å². The van der Waals surface area contributed by atoms with E-state index in [9.17, 15) is 4.79 Å². The molecule has 4 atom stereocenters. The Kier molecular flexibility index (Phi) is 2.22. The second kappa shape index (κ2) is 3.52. The predicted molar refractivity (Wildman–Crippen MR) is 57.3 cm³/mol. The molecule has 0 bridgehead atoms. The maximum absolute atomic E-state index is 11.7. The zero-order valence-electron chi connectivity index (χ0n) is 9.24. The monoisotopic (exact) mass is 239 g/mol. The van der Waals surface area contributed by atoms with Crippen LogP contribution in [0.3, 0.4) is 0 Å². The van der Waals surface area contributed by atoms with E-state index < -0.39 is 11.9 Å². The number of hydrogen-bond donors (Lipinski definition) is 2. The van der Waals surface area contributed by atoms with E-state index in [2.05, 4.69) is 4.98 Å². The van der Waals surface area contributed by atoms with Crippen LogP contribution in [0.15, 0.2) is 11.0 Å². The van der Waals surface area contributed by atoms with Gasteiger partial charge < -0.3 is 20.3 Å². The molecule has 2 saturated heterocycles. The van der Waals surface area contributed by atoms with Crippen molar-refractivity contribution in [3.8, 4) is 0 Å². The normalized spacial score (nSPS) is 34.7. The molecule has 0 aliphatic carbocycles. The fourth-order valence-corrected chi connectivity index (χ4v) is 2.13. The molecular formula is C10H13N3O4. The second-order valence-electron chi connectivity index (χ2n) is 4.31. The molecule has 0 saturated carbocycles. The van der Waals surface area contributed by atoms with Crippen LogP contribution in [0.2, 0.25) is 0 Å². The minimum Gasteiger partial charge on any atom is -0.394 e. The van der Waals surface area contributed by atoms with Gasteiger partial charge in [-0.1, -0.05) is 0 Å². The van der Waals surface area contributed by atoms with E-state index in [1.54, 1.807) is 13.1 Å². The number of fused-ring (bicyclic) bond motifs is 1. The summed E-state index contributed by atoms with van der Waals surface area (Å²) in [7, 11) is 0. The predicted octanol–water partition coefficient (Wildman–Crippen LogP) is -1.21. The number of aliphatic hydroxyl groups is 1. The molecule has 0 unspecified atom stereocenters. The van der Waals surface area contributed by atoms with Gasteiger partial charge in [0.1, 0.15) is 24.1 Å². The van der Waals surface area contributed by atoms with Crippen LogP contribution >= 0.6 is 0 Å². The SMILES string of the molecule is Cc1cn([C@@H]2O[C@H](CO)[C@@H]3O[C@@H]32)c(=O)nc1N. The first-order chi connectivity index (χ1) is 8.11. The molecule has 0 radical (unpaired) electrons. The number of aromatic nitrogens is 2. The summed E-state index contributed by atoms with van der Waals surface area (Å²) in [5.41, 5.74) is 5.79. The summed E-state index contributed by atoms with van der Waals surface area (Å²) in [4.78, 5) is 15.4. The molecule has 1 aromatic rings. The van der Waals surface area contributed by atoms with E-state index in [0.29, 0.717) is 5.56 Å². The molecule has 0 aromatic carbocycles. The van der Waals surface area contributed by atoms with Gasteiger partial charge in [-0.05, 0) is 6.92 Å². The van der Waals surface area contributed by atoms with Crippen LogP contribution in [0.4, 0.5) is 5.82 Å². The zero-order valence-corrected chi connectivity index (χ0v) is 9.24. The van der Waals surface area contributed by atoms with Gasteiger partial charge >= 0.3 is 5.69 Å². The first kappa shape index (κ1) is 10.7. The largest absolute Gasteiger partial charge is 0.394 e. The highest BCUT2D eigenvalue weighted by atomic mass is 16.7.